The highest BCUT2D eigenvalue weighted by molar-refractivity contribution is 5.95. The maximum atomic E-state index is 13.3. The molecule has 2 aromatic rings. The molecule has 5 rings (SSSR count). The number of nitrogens with zero attached hydrogens (tertiary/aromatic N) is 2. The molecule has 0 radical (unpaired) electrons. The summed E-state index contributed by atoms with van der Waals surface area (Å²) in [4.78, 5) is 17.8. The van der Waals surface area contributed by atoms with Crippen molar-refractivity contribution in [3.05, 3.63) is 65.7 Å². The van der Waals surface area contributed by atoms with Gasteiger partial charge < -0.3 is 14.5 Å². The van der Waals surface area contributed by atoms with Crippen molar-refractivity contribution in [3.8, 4) is 0 Å². The Bertz CT molecular complexity index is 865. The molecule has 2 saturated heterocycles. The van der Waals surface area contributed by atoms with Gasteiger partial charge in [0.25, 0.3) is 5.91 Å². The molecule has 0 bridgehead atoms. The summed E-state index contributed by atoms with van der Waals surface area (Å²) in [6.07, 6.45) is 8.86. The van der Waals surface area contributed by atoms with Crippen molar-refractivity contribution in [2.24, 2.45) is 5.92 Å². The molecule has 4 nitrogen and oxygen atoms in total. The Kier molecular flexibility index (Phi) is 6.26. The van der Waals surface area contributed by atoms with Gasteiger partial charge in [0.05, 0.1) is 12.7 Å². The average Bonchev–Trinajstić information content (AvgIpc) is 3.32. The van der Waals surface area contributed by atoms with Crippen LogP contribution in [0.15, 0.2) is 54.6 Å². The minimum atomic E-state index is 0.230. The quantitative estimate of drug-likeness (QED) is 0.662. The maximum absolute atomic E-state index is 13.3. The highest BCUT2D eigenvalue weighted by atomic mass is 16.5. The minimum Gasteiger partial charge on any atom is -0.372 e. The van der Waals surface area contributed by atoms with Crippen LogP contribution in [-0.2, 0) is 11.3 Å². The molecule has 1 amide bonds. The van der Waals surface area contributed by atoms with Gasteiger partial charge in [-0.15, -0.1) is 0 Å². The average molecular weight is 419 g/mol. The van der Waals surface area contributed by atoms with Gasteiger partial charge in [-0.3, -0.25) is 4.79 Å². The fourth-order valence-corrected chi connectivity index (χ4v) is 5.74. The molecule has 0 N–H and O–H groups in total. The minimum absolute atomic E-state index is 0.230. The molecule has 3 atom stereocenters. The first kappa shape index (κ1) is 20.6. The number of rotatable bonds is 5. The standard InChI is InChI=1S/C27H34N2O2/c30-27(29-17-6-10-22-9-4-5-11-26(22)29)23-12-14-24(15-13-23)28-18-16-25(19-28)31-20-21-7-2-1-3-8-21/h1-3,7-8,12-15,22,25-26H,4-6,9-11,16-20H2. The van der Waals surface area contributed by atoms with Crippen LogP contribution in [0.4, 0.5) is 5.69 Å². The largest absolute Gasteiger partial charge is 0.372 e. The van der Waals surface area contributed by atoms with E-state index in [1.165, 1.54) is 43.4 Å². The monoisotopic (exact) mass is 418 g/mol. The summed E-state index contributed by atoms with van der Waals surface area (Å²) in [7, 11) is 0. The van der Waals surface area contributed by atoms with Crippen LogP contribution in [0.5, 0.6) is 0 Å². The van der Waals surface area contributed by atoms with Crippen molar-refractivity contribution < 1.29 is 9.53 Å². The van der Waals surface area contributed by atoms with E-state index in [-0.39, 0.29) is 12.0 Å². The predicted octanol–water partition coefficient (Wildman–Crippen LogP) is 5.28. The van der Waals surface area contributed by atoms with Gasteiger partial charge in [0.2, 0.25) is 0 Å². The summed E-state index contributed by atoms with van der Waals surface area (Å²) in [6.45, 7) is 3.51. The fourth-order valence-electron chi connectivity index (χ4n) is 5.74. The Hall–Kier alpha value is -2.33. The number of anilines is 1. The lowest BCUT2D eigenvalue weighted by atomic mass is 9.78. The molecule has 3 fully saturated rings. The third kappa shape index (κ3) is 4.64. The highest BCUT2D eigenvalue weighted by Gasteiger charge is 2.36. The summed E-state index contributed by atoms with van der Waals surface area (Å²) in [6, 6.07) is 19.1. The lowest BCUT2D eigenvalue weighted by molar-refractivity contribution is 0.0390. The van der Waals surface area contributed by atoms with Gasteiger partial charge in [0.1, 0.15) is 0 Å². The van der Waals surface area contributed by atoms with Crippen molar-refractivity contribution in [3.63, 3.8) is 0 Å². The molecule has 1 saturated carbocycles. The van der Waals surface area contributed by atoms with Gasteiger partial charge >= 0.3 is 0 Å². The number of amides is 1. The van der Waals surface area contributed by atoms with Crippen LogP contribution in [0.3, 0.4) is 0 Å². The Morgan fingerprint density at radius 2 is 1.65 bits per heavy atom. The molecule has 3 aliphatic rings. The van der Waals surface area contributed by atoms with Crippen molar-refractivity contribution in [1.29, 1.82) is 0 Å². The van der Waals surface area contributed by atoms with Crippen LogP contribution >= 0.6 is 0 Å². The van der Waals surface area contributed by atoms with Crippen molar-refractivity contribution in [1.82, 2.24) is 4.90 Å². The van der Waals surface area contributed by atoms with Crippen molar-refractivity contribution in [2.45, 2.75) is 63.7 Å². The molecule has 0 aromatic heterocycles. The molecular weight excluding hydrogens is 384 g/mol. The number of ether oxygens (including phenoxy) is 1. The van der Waals surface area contributed by atoms with Crippen LogP contribution in [-0.4, -0.2) is 42.6 Å². The summed E-state index contributed by atoms with van der Waals surface area (Å²) in [5.41, 5.74) is 3.25. The molecule has 2 aliphatic heterocycles. The van der Waals surface area contributed by atoms with E-state index in [4.69, 9.17) is 4.74 Å². The lowest BCUT2D eigenvalue weighted by Crippen LogP contribution is -2.49. The first-order chi connectivity index (χ1) is 15.3. The summed E-state index contributed by atoms with van der Waals surface area (Å²) >= 11 is 0. The van der Waals surface area contributed by atoms with Crippen molar-refractivity contribution in [2.75, 3.05) is 24.5 Å². The highest BCUT2D eigenvalue weighted by Crippen LogP contribution is 2.36. The van der Waals surface area contributed by atoms with Gasteiger partial charge in [-0.2, -0.15) is 0 Å². The summed E-state index contributed by atoms with van der Waals surface area (Å²) in [5, 5.41) is 0. The molecule has 4 heteroatoms. The van der Waals surface area contributed by atoms with Crippen LogP contribution in [0.1, 0.15) is 60.9 Å². The number of hydrogen-bond donors (Lipinski definition) is 0. The van der Waals surface area contributed by atoms with E-state index in [0.29, 0.717) is 12.6 Å². The SMILES string of the molecule is O=C(c1ccc(N2CCC(OCc3ccccc3)C2)cc1)N1CCCC2CCCCC21. The van der Waals surface area contributed by atoms with Crippen molar-refractivity contribution >= 4 is 11.6 Å². The van der Waals surface area contributed by atoms with E-state index in [0.717, 1.165) is 44.0 Å². The first-order valence-corrected chi connectivity index (χ1v) is 12.1. The van der Waals surface area contributed by atoms with Gasteiger partial charge in [-0.1, -0.05) is 43.2 Å². The Morgan fingerprint density at radius 1 is 0.871 bits per heavy atom. The normalized spacial score (nSPS) is 26.0. The molecule has 3 unspecified atom stereocenters. The first-order valence-electron chi connectivity index (χ1n) is 12.1. The van der Waals surface area contributed by atoms with Crippen LogP contribution in [0.2, 0.25) is 0 Å². The summed E-state index contributed by atoms with van der Waals surface area (Å²) < 4.78 is 6.13. The molecule has 1 aliphatic carbocycles. The van der Waals surface area contributed by atoms with E-state index < -0.39 is 0 Å². The number of carbonyl (C=O) groups excluding carboxylic acids is 1. The molecule has 31 heavy (non-hydrogen) atoms. The van der Waals surface area contributed by atoms with Gasteiger partial charge in [0, 0.05) is 36.9 Å². The van der Waals surface area contributed by atoms with E-state index >= 15 is 0 Å². The number of fused-ring (bicyclic) bond motifs is 1. The molecular formula is C27H34N2O2. The molecule has 164 valence electrons. The third-order valence-corrected chi connectivity index (χ3v) is 7.46. The maximum Gasteiger partial charge on any atom is 0.254 e. The Balaban J connectivity index is 1.18. The fraction of sp³-hybridized carbons (Fsp3) is 0.519. The number of piperidine rings is 1. The summed E-state index contributed by atoms with van der Waals surface area (Å²) in [5.74, 6) is 0.955. The predicted molar refractivity (Wildman–Crippen MR) is 124 cm³/mol. The Morgan fingerprint density at radius 3 is 2.48 bits per heavy atom. The van der Waals surface area contributed by atoms with E-state index in [2.05, 4.69) is 46.2 Å². The topological polar surface area (TPSA) is 32.8 Å². The number of likely N-dealkylation sites (tertiary alicyclic amines) is 1. The smallest absolute Gasteiger partial charge is 0.254 e. The third-order valence-electron chi connectivity index (χ3n) is 7.46. The second-order valence-electron chi connectivity index (χ2n) is 9.45. The number of carbonyl (C=O) groups is 1. The second-order valence-corrected chi connectivity index (χ2v) is 9.45. The van der Waals surface area contributed by atoms with E-state index in [1.807, 2.05) is 18.2 Å². The van der Waals surface area contributed by atoms with E-state index in [9.17, 15) is 4.79 Å². The van der Waals surface area contributed by atoms with Crippen LogP contribution in [0, 0.1) is 5.92 Å². The zero-order valence-corrected chi connectivity index (χ0v) is 18.4. The Labute approximate surface area is 186 Å². The van der Waals surface area contributed by atoms with Gasteiger partial charge in [0.15, 0.2) is 0 Å². The van der Waals surface area contributed by atoms with Gasteiger partial charge in [-0.05, 0) is 67.9 Å². The number of hydrogen-bond acceptors (Lipinski definition) is 3. The zero-order chi connectivity index (χ0) is 21.0. The van der Waals surface area contributed by atoms with Crippen LogP contribution in [0.25, 0.3) is 0 Å². The lowest BCUT2D eigenvalue weighted by Gasteiger charge is -2.44. The number of benzene rings is 2. The van der Waals surface area contributed by atoms with Gasteiger partial charge in [-0.25, -0.2) is 0 Å². The second kappa shape index (κ2) is 9.44. The zero-order valence-electron chi connectivity index (χ0n) is 18.4. The van der Waals surface area contributed by atoms with Crippen LogP contribution < -0.4 is 4.90 Å². The molecule has 2 heterocycles. The van der Waals surface area contributed by atoms with E-state index in [1.54, 1.807) is 0 Å². The molecule has 0 spiro atoms. The molecule has 2 aromatic carbocycles.